The van der Waals surface area contributed by atoms with Crippen LogP contribution in [0.4, 0.5) is 10.1 Å². The number of rotatable bonds is 6. The van der Waals surface area contributed by atoms with Crippen LogP contribution in [-0.4, -0.2) is 31.1 Å². The van der Waals surface area contributed by atoms with Gasteiger partial charge in [0.2, 0.25) is 0 Å². The van der Waals surface area contributed by atoms with Crippen molar-refractivity contribution in [2.45, 2.75) is 12.5 Å². The van der Waals surface area contributed by atoms with Gasteiger partial charge in [0.05, 0.1) is 18.2 Å². The predicted octanol–water partition coefficient (Wildman–Crippen LogP) is 2.90. The lowest BCUT2D eigenvalue weighted by atomic mass is 10.1. The van der Waals surface area contributed by atoms with Crippen LogP contribution < -0.4 is 10.2 Å². The van der Waals surface area contributed by atoms with Gasteiger partial charge in [-0.25, -0.2) is 4.39 Å². The Labute approximate surface area is 137 Å². The fraction of sp³-hybridized carbons (Fsp3) is 0.250. The Kier molecular flexibility index (Phi) is 5.33. The summed E-state index contributed by atoms with van der Waals surface area (Å²) in [6, 6.07) is 7.08. The Bertz CT molecular complexity index is 701. The van der Waals surface area contributed by atoms with Gasteiger partial charge in [-0.15, -0.1) is 11.3 Å². The third kappa shape index (κ3) is 4.29. The monoisotopic (exact) mass is 336 g/mol. The highest BCUT2D eigenvalue weighted by Crippen LogP contribution is 2.23. The van der Waals surface area contributed by atoms with Gasteiger partial charge in [0, 0.05) is 24.5 Å². The number of aliphatic carboxylic acids is 1. The SMILES string of the molecule is CN(C)c1ccc(C(=O)NC(CC(=O)O)c2cccs2)cc1F. The Balaban J connectivity index is 2.18. The molecule has 7 heteroatoms. The molecule has 0 bridgehead atoms. The Morgan fingerprint density at radius 1 is 1.35 bits per heavy atom. The van der Waals surface area contributed by atoms with Crippen molar-refractivity contribution in [2.24, 2.45) is 0 Å². The van der Waals surface area contributed by atoms with Crippen molar-refractivity contribution in [1.29, 1.82) is 0 Å². The van der Waals surface area contributed by atoms with Gasteiger partial charge in [0.15, 0.2) is 0 Å². The van der Waals surface area contributed by atoms with E-state index in [1.807, 2.05) is 5.38 Å². The highest BCUT2D eigenvalue weighted by molar-refractivity contribution is 7.10. The number of nitrogens with zero attached hydrogens (tertiary/aromatic N) is 1. The molecule has 0 aliphatic rings. The fourth-order valence-electron chi connectivity index (χ4n) is 2.14. The molecule has 1 heterocycles. The third-order valence-corrected chi connectivity index (χ3v) is 4.25. The first-order valence-electron chi connectivity index (χ1n) is 6.91. The summed E-state index contributed by atoms with van der Waals surface area (Å²) in [5, 5.41) is 13.5. The molecular formula is C16H17FN2O3S. The smallest absolute Gasteiger partial charge is 0.305 e. The van der Waals surface area contributed by atoms with Crippen LogP contribution in [0.5, 0.6) is 0 Å². The van der Waals surface area contributed by atoms with Crippen LogP contribution in [0.1, 0.15) is 27.7 Å². The largest absolute Gasteiger partial charge is 0.481 e. The number of carbonyl (C=O) groups is 2. The molecule has 1 aromatic heterocycles. The van der Waals surface area contributed by atoms with Crippen LogP contribution in [0.2, 0.25) is 0 Å². The number of hydrogen-bond donors (Lipinski definition) is 2. The third-order valence-electron chi connectivity index (χ3n) is 3.26. The summed E-state index contributed by atoms with van der Waals surface area (Å²) in [6.45, 7) is 0. The number of nitrogens with one attached hydrogen (secondary N) is 1. The van der Waals surface area contributed by atoms with E-state index in [0.717, 1.165) is 10.9 Å². The van der Waals surface area contributed by atoms with Crippen LogP contribution in [0.15, 0.2) is 35.7 Å². The van der Waals surface area contributed by atoms with Crippen LogP contribution >= 0.6 is 11.3 Å². The van der Waals surface area contributed by atoms with Crippen LogP contribution in [-0.2, 0) is 4.79 Å². The van der Waals surface area contributed by atoms with Crippen molar-refractivity contribution in [2.75, 3.05) is 19.0 Å². The average Bonchev–Trinajstić information content (AvgIpc) is 2.99. The number of halogens is 1. The first-order chi connectivity index (χ1) is 10.9. The molecule has 5 nitrogen and oxygen atoms in total. The molecule has 0 aliphatic carbocycles. The van der Waals surface area contributed by atoms with Gasteiger partial charge < -0.3 is 15.3 Å². The van der Waals surface area contributed by atoms with Crippen molar-refractivity contribution in [1.82, 2.24) is 5.32 Å². The molecule has 2 aromatic rings. The molecule has 0 spiro atoms. The molecule has 0 fully saturated rings. The summed E-state index contributed by atoms with van der Waals surface area (Å²) in [6.07, 6.45) is -0.232. The van der Waals surface area contributed by atoms with Crippen LogP contribution in [0.25, 0.3) is 0 Å². The summed E-state index contributed by atoms with van der Waals surface area (Å²) in [7, 11) is 3.41. The van der Waals surface area contributed by atoms with Gasteiger partial charge in [0.1, 0.15) is 5.82 Å². The zero-order valence-electron chi connectivity index (χ0n) is 12.7. The molecule has 122 valence electrons. The summed E-state index contributed by atoms with van der Waals surface area (Å²) >= 11 is 1.36. The number of hydrogen-bond acceptors (Lipinski definition) is 4. The second kappa shape index (κ2) is 7.23. The number of anilines is 1. The highest BCUT2D eigenvalue weighted by atomic mass is 32.1. The predicted molar refractivity (Wildman–Crippen MR) is 87.5 cm³/mol. The molecule has 0 saturated carbocycles. The lowest BCUT2D eigenvalue weighted by Crippen LogP contribution is -2.29. The maximum Gasteiger partial charge on any atom is 0.305 e. The zero-order chi connectivity index (χ0) is 17.0. The molecule has 0 aliphatic heterocycles. The van der Waals surface area contributed by atoms with Gasteiger partial charge in [-0.05, 0) is 29.6 Å². The quantitative estimate of drug-likeness (QED) is 0.851. The minimum atomic E-state index is -1.02. The highest BCUT2D eigenvalue weighted by Gasteiger charge is 2.20. The number of carboxylic acid groups (broad SMARTS) is 1. The van der Waals surface area contributed by atoms with Gasteiger partial charge in [0.25, 0.3) is 5.91 Å². The topological polar surface area (TPSA) is 69.6 Å². The Morgan fingerprint density at radius 3 is 2.61 bits per heavy atom. The van der Waals surface area contributed by atoms with E-state index in [9.17, 15) is 14.0 Å². The maximum atomic E-state index is 14.0. The Hall–Kier alpha value is -2.41. The van der Waals surface area contributed by atoms with Crippen LogP contribution in [0.3, 0.4) is 0 Å². The molecule has 1 atom stereocenters. The summed E-state index contributed by atoms with van der Waals surface area (Å²) in [5.41, 5.74) is 0.530. The molecule has 0 saturated heterocycles. The van der Waals surface area contributed by atoms with Crippen molar-refractivity contribution in [3.63, 3.8) is 0 Å². The molecule has 2 N–H and O–H groups in total. The van der Waals surface area contributed by atoms with E-state index in [0.29, 0.717) is 5.69 Å². The molecular weight excluding hydrogens is 319 g/mol. The molecule has 23 heavy (non-hydrogen) atoms. The molecule has 1 unspecified atom stereocenters. The van der Waals surface area contributed by atoms with E-state index >= 15 is 0 Å². The number of carbonyl (C=O) groups excluding carboxylic acids is 1. The first kappa shape index (κ1) is 17.0. The van der Waals surface area contributed by atoms with E-state index in [-0.39, 0.29) is 12.0 Å². The normalized spacial score (nSPS) is 11.8. The van der Waals surface area contributed by atoms with Gasteiger partial charge >= 0.3 is 5.97 Å². The number of benzene rings is 1. The van der Waals surface area contributed by atoms with Crippen molar-refractivity contribution < 1.29 is 19.1 Å². The van der Waals surface area contributed by atoms with Gasteiger partial charge in [-0.2, -0.15) is 0 Å². The minimum absolute atomic E-state index is 0.153. The van der Waals surface area contributed by atoms with Gasteiger partial charge in [-0.3, -0.25) is 9.59 Å². The van der Waals surface area contributed by atoms with E-state index in [4.69, 9.17) is 5.11 Å². The maximum absolute atomic E-state index is 14.0. The standard InChI is InChI=1S/C16H17FN2O3S/c1-19(2)13-6-5-10(8-11(13)17)16(22)18-12(9-15(20)21)14-4-3-7-23-14/h3-8,12H,9H2,1-2H3,(H,18,22)(H,20,21). The van der Waals surface area contributed by atoms with E-state index in [2.05, 4.69) is 5.32 Å². The molecule has 1 aromatic carbocycles. The van der Waals surface area contributed by atoms with Crippen molar-refractivity contribution >= 4 is 28.9 Å². The minimum Gasteiger partial charge on any atom is -0.481 e. The first-order valence-corrected chi connectivity index (χ1v) is 7.79. The molecule has 1 amide bonds. The summed E-state index contributed by atoms with van der Waals surface area (Å²) in [4.78, 5) is 25.6. The van der Waals surface area contributed by atoms with Gasteiger partial charge in [-0.1, -0.05) is 6.07 Å². The number of thiophene rings is 1. The van der Waals surface area contributed by atoms with Crippen molar-refractivity contribution in [3.8, 4) is 0 Å². The summed E-state index contributed by atoms with van der Waals surface area (Å²) < 4.78 is 14.0. The second-order valence-electron chi connectivity index (χ2n) is 5.20. The lowest BCUT2D eigenvalue weighted by Gasteiger charge is -2.17. The van der Waals surface area contributed by atoms with Crippen molar-refractivity contribution in [3.05, 3.63) is 52.0 Å². The Morgan fingerprint density at radius 2 is 2.09 bits per heavy atom. The fourth-order valence-corrected chi connectivity index (χ4v) is 2.92. The summed E-state index contributed by atoms with van der Waals surface area (Å²) in [5.74, 6) is -2.03. The van der Waals surface area contributed by atoms with Crippen LogP contribution in [0, 0.1) is 5.82 Å². The molecule has 0 radical (unpaired) electrons. The van der Waals surface area contributed by atoms with E-state index < -0.39 is 23.7 Å². The van der Waals surface area contributed by atoms with E-state index in [1.54, 1.807) is 31.1 Å². The lowest BCUT2D eigenvalue weighted by molar-refractivity contribution is -0.137. The second-order valence-corrected chi connectivity index (χ2v) is 6.18. The average molecular weight is 336 g/mol. The zero-order valence-corrected chi connectivity index (χ0v) is 13.6. The molecule has 2 rings (SSSR count). The number of amides is 1. The number of carboxylic acids is 1. The van der Waals surface area contributed by atoms with E-state index in [1.165, 1.54) is 23.5 Å².